The molecule has 0 atom stereocenters. The predicted octanol–water partition coefficient (Wildman–Crippen LogP) is 4.00. The molecule has 1 aliphatic heterocycles. The lowest BCUT2D eigenvalue weighted by molar-refractivity contribution is 0.215. The Kier molecular flexibility index (Phi) is 5.16. The van der Waals surface area contributed by atoms with Crippen molar-refractivity contribution >= 4 is 50.3 Å². The van der Waals surface area contributed by atoms with E-state index in [0.29, 0.717) is 31.3 Å². The van der Waals surface area contributed by atoms with Gasteiger partial charge in [0, 0.05) is 44.3 Å². The lowest BCUT2D eigenvalue weighted by atomic mass is 10.2. The van der Waals surface area contributed by atoms with Crippen LogP contribution in [0.25, 0.3) is 10.9 Å². The molecule has 3 heterocycles. The summed E-state index contributed by atoms with van der Waals surface area (Å²) in [5.41, 5.74) is 1.48. The number of fused-ring (bicyclic) bond motifs is 2. The molecule has 11 heteroatoms. The zero-order valence-electron chi connectivity index (χ0n) is 15.6. The van der Waals surface area contributed by atoms with Gasteiger partial charge in [0.2, 0.25) is 0 Å². The van der Waals surface area contributed by atoms with Crippen LogP contribution in [0, 0.1) is 11.9 Å². The number of aryl methyl sites for hydroxylation is 1. The smallest absolute Gasteiger partial charge is 0.344 e. The van der Waals surface area contributed by atoms with Gasteiger partial charge in [-0.1, -0.05) is 11.6 Å². The number of aromatic nitrogens is 4. The number of hydrogen-bond donors (Lipinski definition) is 0. The third-order valence-corrected chi connectivity index (χ3v) is 6.04. The van der Waals surface area contributed by atoms with Crippen LogP contribution in [0.2, 0.25) is 5.02 Å². The Bertz CT molecular complexity index is 1140. The highest BCUT2D eigenvalue weighted by molar-refractivity contribution is 9.10. The first kappa shape index (κ1) is 20.0. The molecule has 0 saturated heterocycles. The predicted molar refractivity (Wildman–Crippen MR) is 108 cm³/mol. The molecule has 152 valence electrons. The van der Waals surface area contributed by atoms with Crippen molar-refractivity contribution in [3.05, 3.63) is 44.9 Å². The monoisotopic (exact) mass is 484 g/mol. The Morgan fingerprint density at radius 1 is 1.31 bits per heavy atom. The van der Waals surface area contributed by atoms with Gasteiger partial charge in [-0.15, -0.1) is 0 Å². The first-order valence-electron chi connectivity index (χ1n) is 8.81. The SMILES string of the molecule is CN(C)C(=O)n1cc2c(n1)CCCN(c1nc(F)nc3c(F)c(Br)c(Cl)cc13)C2. The molecule has 7 nitrogen and oxygen atoms in total. The number of carbonyl (C=O) groups excluding carboxylic acids is 1. The van der Waals surface area contributed by atoms with Crippen molar-refractivity contribution in [1.82, 2.24) is 24.6 Å². The molecule has 1 aliphatic rings. The van der Waals surface area contributed by atoms with Gasteiger partial charge in [0.15, 0.2) is 5.82 Å². The summed E-state index contributed by atoms with van der Waals surface area (Å²) in [4.78, 5) is 23.0. The molecule has 0 fully saturated rings. The van der Waals surface area contributed by atoms with Gasteiger partial charge in [0.1, 0.15) is 11.3 Å². The minimum atomic E-state index is -1.02. The molecule has 0 spiro atoms. The van der Waals surface area contributed by atoms with E-state index < -0.39 is 11.9 Å². The maximum absolute atomic E-state index is 14.6. The lowest BCUT2D eigenvalue weighted by Gasteiger charge is -2.23. The topological polar surface area (TPSA) is 67.2 Å². The van der Waals surface area contributed by atoms with E-state index in [4.69, 9.17) is 11.6 Å². The minimum absolute atomic E-state index is 0.0253. The molecule has 0 bridgehead atoms. The second-order valence-corrected chi connectivity index (χ2v) is 8.15. The zero-order chi connectivity index (χ0) is 20.9. The van der Waals surface area contributed by atoms with Crippen molar-refractivity contribution < 1.29 is 13.6 Å². The van der Waals surface area contributed by atoms with E-state index in [0.717, 1.165) is 11.3 Å². The number of carbonyl (C=O) groups is 1. The Morgan fingerprint density at radius 3 is 2.79 bits per heavy atom. The molecule has 1 aromatic carbocycles. The highest BCUT2D eigenvalue weighted by Gasteiger charge is 2.25. The lowest BCUT2D eigenvalue weighted by Crippen LogP contribution is -2.28. The summed E-state index contributed by atoms with van der Waals surface area (Å²) in [7, 11) is 3.29. The molecule has 0 unspecified atom stereocenters. The molecule has 1 amide bonds. The molecular formula is C18H16BrClF2N6O. The normalized spacial score (nSPS) is 14.1. The highest BCUT2D eigenvalue weighted by Crippen LogP contribution is 2.36. The molecular weight excluding hydrogens is 470 g/mol. The van der Waals surface area contributed by atoms with E-state index in [1.54, 1.807) is 20.3 Å². The van der Waals surface area contributed by atoms with Crippen LogP contribution in [0.3, 0.4) is 0 Å². The molecule has 0 radical (unpaired) electrons. The first-order chi connectivity index (χ1) is 13.8. The van der Waals surface area contributed by atoms with Crippen LogP contribution in [0.4, 0.5) is 19.4 Å². The van der Waals surface area contributed by atoms with Crippen molar-refractivity contribution in [3.63, 3.8) is 0 Å². The van der Waals surface area contributed by atoms with Crippen molar-refractivity contribution in [2.75, 3.05) is 25.5 Å². The number of amides is 1. The number of halogens is 4. The highest BCUT2D eigenvalue weighted by atomic mass is 79.9. The molecule has 0 aliphatic carbocycles. The Labute approximate surface area is 178 Å². The van der Waals surface area contributed by atoms with Crippen LogP contribution < -0.4 is 4.90 Å². The van der Waals surface area contributed by atoms with Crippen molar-refractivity contribution in [1.29, 1.82) is 0 Å². The van der Waals surface area contributed by atoms with Crippen molar-refractivity contribution in [2.45, 2.75) is 19.4 Å². The third-order valence-electron chi connectivity index (χ3n) is 4.74. The Morgan fingerprint density at radius 2 is 2.07 bits per heavy atom. The van der Waals surface area contributed by atoms with Gasteiger partial charge in [0.05, 0.1) is 15.2 Å². The summed E-state index contributed by atoms with van der Waals surface area (Å²) in [6.07, 6.45) is 2.01. The van der Waals surface area contributed by atoms with Gasteiger partial charge in [-0.2, -0.15) is 24.1 Å². The molecule has 2 aromatic heterocycles. The summed E-state index contributed by atoms with van der Waals surface area (Å²) in [6.45, 7) is 0.899. The molecule has 3 aromatic rings. The summed E-state index contributed by atoms with van der Waals surface area (Å²) in [5, 5.41) is 4.85. The van der Waals surface area contributed by atoms with E-state index in [-0.39, 0.29) is 26.9 Å². The van der Waals surface area contributed by atoms with Crippen LogP contribution in [0.5, 0.6) is 0 Å². The van der Waals surface area contributed by atoms with Gasteiger partial charge in [-0.05, 0) is 34.8 Å². The van der Waals surface area contributed by atoms with E-state index in [1.165, 1.54) is 15.6 Å². The number of hydrogen-bond acceptors (Lipinski definition) is 5. The van der Waals surface area contributed by atoms with Crippen LogP contribution in [0.15, 0.2) is 16.7 Å². The van der Waals surface area contributed by atoms with E-state index in [9.17, 15) is 13.6 Å². The van der Waals surface area contributed by atoms with Gasteiger partial charge < -0.3 is 9.80 Å². The Hall–Kier alpha value is -2.33. The standard InChI is InChI=1S/C18H16BrClF2N6O/c1-26(2)18(29)28-8-9-7-27(5-3-4-12(9)25-28)16-10-6-11(20)13(19)14(21)15(10)23-17(22)24-16/h6,8H,3-5,7H2,1-2H3. The molecule has 29 heavy (non-hydrogen) atoms. The quantitative estimate of drug-likeness (QED) is 0.385. The zero-order valence-corrected chi connectivity index (χ0v) is 17.9. The fourth-order valence-corrected chi connectivity index (χ4v) is 3.86. The third kappa shape index (κ3) is 3.55. The minimum Gasteiger partial charge on any atom is -0.351 e. The summed E-state index contributed by atoms with van der Waals surface area (Å²) in [6, 6.07) is 1.26. The first-order valence-corrected chi connectivity index (χ1v) is 9.98. The number of rotatable bonds is 1. The molecule has 0 N–H and O–H groups in total. The summed E-state index contributed by atoms with van der Waals surface area (Å²) < 4.78 is 30.1. The maximum atomic E-state index is 14.6. The number of benzene rings is 1. The summed E-state index contributed by atoms with van der Waals surface area (Å²) >= 11 is 9.17. The average molecular weight is 486 g/mol. The van der Waals surface area contributed by atoms with Crippen LogP contribution in [-0.4, -0.2) is 51.3 Å². The maximum Gasteiger partial charge on any atom is 0.344 e. The van der Waals surface area contributed by atoms with Crippen LogP contribution in [-0.2, 0) is 13.0 Å². The second-order valence-electron chi connectivity index (χ2n) is 6.95. The number of anilines is 1. The Balaban J connectivity index is 1.80. The van der Waals surface area contributed by atoms with Gasteiger partial charge >= 0.3 is 12.1 Å². The van der Waals surface area contributed by atoms with Crippen molar-refractivity contribution in [2.24, 2.45) is 0 Å². The molecule has 0 saturated carbocycles. The van der Waals surface area contributed by atoms with Gasteiger partial charge in [-0.25, -0.2) is 9.18 Å². The van der Waals surface area contributed by atoms with Crippen molar-refractivity contribution in [3.8, 4) is 0 Å². The number of nitrogens with zero attached hydrogens (tertiary/aromatic N) is 6. The summed E-state index contributed by atoms with van der Waals surface area (Å²) in [5.74, 6) is -0.490. The van der Waals surface area contributed by atoms with E-state index in [1.807, 2.05) is 4.90 Å². The van der Waals surface area contributed by atoms with E-state index >= 15 is 0 Å². The fourth-order valence-electron chi connectivity index (χ4n) is 3.36. The fraction of sp³-hybridized carbons (Fsp3) is 0.333. The molecule has 4 rings (SSSR count). The average Bonchev–Trinajstić information content (AvgIpc) is 2.97. The van der Waals surface area contributed by atoms with E-state index in [2.05, 4.69) is 31.0 Å². The van der Waals surface area contributed by atoms with Gasteiger partial charge in [-0.3, -0.25) is 0 Å². The van der Waals surface area contributed by atoms with Crippen LogP contribution >= 0.6 is 27.5 Å². The largest absolute Gasteiger partial charge is 0.351 e. The van der Waals surface area contributed by atoms with Gasteiger partial charge in [0.25, 0.3) is 0 Å². The van der Waals surface area contributed by atoms with Crippen LogP contribution in [0.1, 0.15) is 17.7 Å². The second kappa shape index (κ2) is 7.49.